The van der Waals surface area contributed by atoms with E-state index in [-0.39, 0.29) is 12.4 Å². The van der Waals surface area contributed by atoms with E-state index in [9.17, 15) is 4.39 Å². The number of nitrogens with two attached hydrogens (primary N) is 1. The molecule has 0 aromatic carbocycles. The van der Waals surface area contributed by atoms with Crippen molar-refractivity contribution in [1.82, 2.24) is 4.98 Å². The van der Waals surface area contributed by atoms with E-state index in [4.69, 9.17) is 5.73 Å². The average Bonchev–Trinajstić information content (AvgIpc) is 1.95. The Morgan fingerprint density at radius 2 is 2.40 bits per heavy atom. The smallest absolute Gasteiger partial charge is 0.140 e. The third-order valence-corrected chi connectivity index (χ3v) is 1.66. The van der Waals surface area contributed by atoms with Crippen LogP contribution in [0, 0.1) is 5.82 Å². The van der Waals surface area contributed by atoms with Crippen LogP contribution >= 0.6 is 15.9 Å². The van der Waals surface area contributed by atoms with E-state index >= 15 is 0 Å². The van der Waals surface area contributed by atoms with Gasteiger partial charge in [0.25, 0.3) is 0 Å². The van der Waals surface area contributed by atoms with Crippen LogP contribution < -0.4 is 5.73 Å². The second-order valence-electron chi connectivity index (χ2n) is 1.79. The van der Waals surface area contributed by atoms with Crippen molar-refractivity contribution in [3.8, 4) is 0 Å². The van der Waals surface area contributed by atoms with Gasteiger partial charge in [-0.05, 0) is 22.0 Å². The zero-order chi connectivity index (χ0) is 7.56. The molecule has 0 saturated heterocycles. The van der Waals surface area contributed by atoms with E-state index < -0.39 is 0 Å². The Morgan fingerprint density at radius 3 is 2.90 bits per heavy atom. The van der Waals surface area contributed by atoms with Crippen LogP contribution in [0.2, 0.25) is 0 Å². The Hall–Kier alpha value is -0.480. The summed E-state index contributed by atoms with van der Waals surface area (Å²) in [5, 5.41) is 0. The minimum absolute atomic E-state index is 0.268. The maximum absolute atomic E-state index is 12.6. The topological polar surface area (TPSA) is 38.9 Å². The summed E-state index contributed by atoms with van der Waals surface area (Å²) in [6.07, 6.45) is 1.40. The van der Waals surface area contributed by atoms with Crippen molar-refractivity contribution >= 4 is 15.9 Å². The number of hydrogen-bond acceptors (Lipinski definition) is 2. The van der Waals surface area contributed by atoms with Gasteiger partial charge in [0.2, 0.25) is 0 Å². The van der Waals surface area contributed by atoms with Crippen LogP contribution in [0.3, 0.4) is 0 Å². The molecule has 0 amide bonds. The number of pyridine rings is 1. The van der Waals surface area contributed by atoms with Crippen LogP contribution in [0.25, 0.3) is 0 Å². The number of rotatable bonds is 1. The summed E-state index contributed by atoms with van der Waals surface area (Å²) in [6.45, 7) is 0.268. The molecule has 2 N–H and O–H groups in total. The van der Waals surface area contributed by atoms with Crippen LogP contribution in [-0.2, 0) is 6.54 Å². The predicted molar refractivity (Wildman–Crippen MR) is 39.8 cm³/mol. The Bertz CT molecular complexity index is 239. The van der Waals surface area contributed by atoms with E-state index in [0.717, 1.165) is 0 Å². The molecule has 0 fully saturated rings. The molecule has 0 aliphatic rings. The second kappa shape index (κ2) is 3.07. The molecule has 1 heterocycles. The van der Waals surface area contributed by atoms with Crippen LogP contribution in [0.4, 0.5) is 4.39 Å². The molecular weight excluding hydrogens is 199 g/mol. The highest BCUT2D eigenvalue weighted by Gasteiger charge is 1.98. The fraction of sp³-hybridized carbons (Fsp3) is 0.167. The third-order valence-electron chi connectivity index (χ3n) is 1.07. The van der Waals surface area contributed by atoms with Crippen LogP contribution in [0.1, 0.15) is 5.69 Å². The van der Waals surface area contributed by atoms with Gasteiger partial charge in [-0.25, -0.2) is 4.39 Å². The van der Waals surface area contributed by atoms with E-state index in [0.29, 0.717) is 10.2 Å². The third kappa shape index (κ3) is 1.52. The van der Waals surface area contributed by atoms with Crippen LogP contribution in [0.15, 0.2) is 16.7 Å². The van der Waals surface area contributed by atoms with Crippen LogP contribution in [0.5, 0.6) is 0 Å². The summed E-state index contributed by atoms with van der Waals surface area (Å²) in [5.41, 5.74) is 5.78. The van der Waals surface area contributed by atoms with E-state index in [1.807, 2.05) is 0 Å². The largest absolute Gasteiger partial charge is 0.325 e. The van der Waals surface area contributed by atoms with Crippen LogP contribution in [-0.4, -0.2) is 4.98 Å². The molecule has 0 unspecified atom stereocenters. The molecular formula is C6H6BrFN2. The van der Waals surface area contributed by atoms with Gasteiger partial charge in [0.1, 0.15) is 5.82 Å². The molecule has 1 aromatic rings. The lowest BCUT2D eigenvalue weighted by Gasteiger charge is -1.95. The monoisotopic (exact) mass is 204 g/mol. The fourth-order valence-corrected chi connectivity index (χ4v) is 0.782. The Kier molecular flexibility index (Phi) is 2.34. The van der Waals surface area contributed by atoms with Gasteiger partial charge in [0.05, 0.1) is 10.2 Å². The lowest BCUT2D eigenvalue weighted by atomic mass is 10.3. The van der Waals surface area contributed by atoms with Crippen molar-refractivity contribution in [3.63, 3.8) is 0 Å². The summed E-state index contributed by atoms with van der Waals surface area (Å²) < 4.78 is 13.0. The average molecular weight is 205 g/mol. The lowest BCUT2D eigenvalue weighted by Crippen LogP contribution is -1.99. The van der Waals surface area contributed by atoms with Gasteiger partial charge in [-0.2, -0.15) is 0 Å². The zero-order valence-corrected chi connectivity index (χ0v) is 6.73. The normalized spacial score (nSPS) is 9.90. The molecule has 1 aromatic heterocycles. The molecule has 0 radical (unpaired) electrons. The molecule has 0 atom stereocenters. The highest BCUT2D eigenvalue weighted by Crippen LogP contribution is 2.13. The van der Waals surface area contributed by atoms with Gasteiger partial charge >= 0.3 is 0 Å². The maximum atomic E-state index is 12.6. The Morgan fingerprint density at radius 1 is 1.70 bits per heavy atom. The number of nitrogens with zero attached hydrogens (tertiary/aromatic N) is 1. The van der Waals surface area contributed by atoms with Crippen molar-refractivity contribution in [2.75, 3.05) is 0 Å². The zero-order valence-electron chi connectivity index (χ0n) is 5.14. The van der Waals surface area contributed by atoms with Gasteiger partial charge in [-0.15, -0.1) is 0 Å². The molecule has 10 heavy (non-hydrogen) atoms. The number of hydrogen-bond donors (Lipinski definition) is 1. The fourth-order valence-electron chi connectivity index (χ4n) is 0.565. The first kappa shape index (κ1) is 7.63. The molecule has 54 valence electrons. The SMILES string of the molecule is NCc1cc(F)c(Br)cn1. The first-order valence-corrected chi connectivity index (χ1v) is 3.53. The van der Waals surface area contributed by atoms with E-state index in [1.54, 1.807) is 0 Å². The summed E-state index contributed by atoms with van der Waals surface area (Å²) >= 11 is 2.98. The van der Waals surface area contributed by atoms with Gasteiger partial charge in [0, 0.05) is 12.7 Å². The number of halogens is 2. The summed E-state index contributed by atoms with van der Waals surface area (Å²) in [4.78, 5) is 3.85. The summed E-state index contributed by atoms with van der Waals surface area (Å²) in [6, 6.07) is 1.31. The molecule has 0 spiro atoms. The molecule has 0 aliphatic carbocycles. The molecule has 2 nitrogen and oxygen atoms in total. The Balaban J connectivity index is 3.04. The van der Waals surface area contributed by atoms with E-state index in [2.05, 4.69) is 20.9 Å². The van der Waals surface area contributed by atoms with Crippen molar-refractivity contribution in [3.05, 3.63) is 28.2 Å². The minimum atomic E-state index is -0.324. The molecule has 0 saturated carbocycles. The highest BCUT2D eigenvalue weighted by atomic mass is 79.9. The minimum Gasteiger partial charge on any atom is -0.325 e. The van der Waals surface area contributed by atoms with Gasteiger partial charge in [-0.3, -0.25) is 4.98 Å². The Labute approximate surface area is 66.4 Å². The summed E-state index contributed by atoms with van der Waals surface area (Å²) in [7, 11) is 0. The molecule has 4 heteroatoms. The molecule has 0 aliphatic heterocycles. The van der Waals surface area contributed by atoms with Crippen molar-refractivity contribution in [1.29, 1.82) is 0 Å². The van der Waals surface area contributed by atoms with Crippen molar-refractivity contribution in [2.24, 2.45) is 5.73 Å². The van der Waals surface area contributed by atoms with Gasteiger partial charge < -0.3 is 5.73 Å². The first-order valence-electron chi connectivity index (χ1n) is 2.74. The van der Waals surface area contributed by atoms with Gasteiger partial charge in [-0.1, -0.05) is 0 Å². The lowest BCUT2D eigenvalue weighted by molar-refractivity contribution is 0.615. The molecule has 0 bridgehead atoms. The summed E-state index contributed by atoms with van der Waals surface area (Å²) in [5.74, 6) is -0.324. The maximum Gasteiger partial charge on any atom is 0.140 e. The standard InChI is InChI=1S/C6H6BrFN2/c7-5-3-10-4(2-9)1-6(5)8/h1,3H,2,9H2. The first-order chi connectivity index (χ1) is 4.74. The van der Waals surface area contributed by atoms with Crippen molar-refractivity contribution < 1.29 is 4.39 Å². The van der Waals surface area contributed by atoms with Gasteiger partial charge in [0.15, 0.2) is 0 Å². The van der Waals surface area contributed by atoms with E-state index in [1.165, 1.54) is 12.3 Å². The number of aromatic nitrogens is 1. The highest BCUT2D eigenvalue weighted by molar-refractivity contribution is 9.10. The van der Waals surface area contributed by atoms with Crippen molar-refractivity contribution in [2.45, 2.75) is 6.54 Å². The second-order valence-corrected chi connectivity index (χ2v) is 2.65. The quantitative estimate of drug-likeness (QED) is 0.753. The molecule has 1 rings (SSSR count). The predicted octanol–water partition coefficient (Wildman–Crippen LogP) is 1.44.